The summed E-state index contributed by atoms with van der Waals surface area (Å²) in [4.78, 5) is 2.24. The van der Waals surface area contributed by atoms with E-state index >= 15 is 0 Å². The summed E-state index contributed by atoms with van der Waals surface area (Å²) in [6, 6.07) is 6.48. The zero-order valence-corrected chi connectivity index (χ0v) is 13.3. The molecule has 1 atom stereocenters. The lowest BCUT2D eigenvalue weighted by Gasteiger charge is -2.22. The van der Waals surface area contributed by atoms with Crippen LogP contribution in [-0.2, 0) is 6.54 Å². The van der Waals surface area contributed by atoms with E-state index < -0.39 is 5.60 Å². The number of anilines is 1. The SMILES string of the molecule is CCCNCc1ccc(N2CCC(C)(O)C2)c(Br)c1. The number of rotatable bonds is 5. The molecule has 1 fully saturated rings. The molecule has 4 heteroatoms. The molecule has 0 amide bonds. The monoisotopic (exact) mass is 326 g/mol. The third-order valence-corrected chi connectivity index (χ3v) is 4.20. The van der Waals surface area contributed by atoms with E-state index in [1.165, 1.54) is 11.3 Å². The van der Waals surface area contributed by atoms with E-state index in [4.69, 9.17) is 0 Å². The summed E-state index contributed by atoms with van der Waals surface area (Å²) in [5, 5.41) is 13.5. The lowest BCUT2D eigenvalue weighted by atomic mass is 10.1. The van der Waals surface area contributed by atoms with Gasteiger partial charge in [0.15, 0.2) is 0 Å². The largest absolute Gasteiger partial charge is 0.388 e. The minimum atomic E-state index is -0.555. The van der Waals surface area contributed by atoms with Crippen molar-refractivity contribution in [1.29, 1.82) is 0 Å². The minimum absolute atomic E-state index is 0.555. The van der Waals surface area contributed by atoms with Crippen LogP contribution < -0.4 is 10.2 Å². The van der Waals surface area contributed by atoms with Crippen molar-refractivity contribution in [3.8, 4) is 0 Å². The van der Waals surface area contributed by atoms with Crippen LogP contribution in [0.25, 0.3) is 0 Å². The lowest BCUT2D eigenvalue weighted by molar-refractivity contribution is 0.0839. The van der Waals surface area contributed by atoms with Gasteiger partial charge in [0.1, 0.15) is 0 Å². The third kappa shape index (κ3) is 3.94. The summed E-state index contributed by atoms with van der Waals surface area (Å²) >= 11 is 3.65. The average molecular weight is 327 g/mol. The summed E-state index contributed by atoms with van der Waals surface area (Å²) in [5.74, 6) is 0. The molecule has 0 aliphatic carbocycles. The van der Waals surface area contributed by atoms with Crippen LogP contribution in [0.3, 0.4) is 0 Å². The van der Waals surface area contributed by atoms with Gasteiger partial charge >= 0.3 is 0 Å². The lowest BCUT2D eigenvalue weighted by Crippen LogP contribution is -2.29. The van der Waals surface area contributed by atoms with Crippen LogP contribution in [0.4, 0.5) is 5.69 Å². The highest BCUT2D eigenvalue weighted by molar-refractivity contribution is 9.10. The van der Waals surface area contributed by atoms with Crippen molar-refractivity contribution in [3.05, 3.63) is 28.2 Å². The Labute approximate surface area is 124 Å². The van der Waals surface area contributed by atoms with Crippen molar-refractivity contribution in [2.75, 3.05) is 24.5 Å². The third-order valence-electron chi connectivity index (χ3n) is 3.56. The van der Waals surface area contributed by atoms with Gasteiger partial charge in [-0.05, 0) is 59.9 Å². The van der Waals surface area contributed by atoms with Crippen LogP contribution in [0, 0.1) is 0 Å². The van der Waals surface area contributed by atoms with Crippen LogP contribution in [0.1, 0.15) is 32.3 Å². The standard InChI is InChI=1S/C15H23BrN2O/c1-3-7-17-10-12-4-5-14(13(16)9-12)18-8-6-15(2,19)11-18/h4-5,9,17,19H,3,6-8,10-11H2,1-2H3. The van der Waals surface area contributed by atoms with Gasteiger partial charge in [0.2, 0.25) is 0 Å². The molecule has 1 aromatic carbocycles. The molecule has 1 aliphatic rings. The van der Waals surface area contributed by atoms with Crippen molar-refractivity contribution in [1.82, 2.24) is 5.32 Å². The Hall–Kier alpha value is -0.580. The van der Waals surface area contributed by atoms with E-state index in [-0.39, 0.29) is 0 Å². The normalized spacial score (nSPS) is 23.1. The molecule has 1 unspecified atom stereocenters. The van der Waals surface area contributed by atoms with E-state index in [1.807, 2.05) is 6.92 Å². The predicted octanol–water partition coefficient (Wildman–Crippen LogP) is 2.91. The van der Waals surface area contributed by atoms with Crippen LogP contribution in [0.15, 0.2) is 22.7 Å². The number of halogens is 1. The molecule has 1 aromatic rings. The maximum atomic E-state index is 10.0. The Balaban J connectivity index is 2.03. The summed E-state index contributed by atoms with van der Waals surface area (Å²) in [5.41, 5.74) is 1.91. The summed E-state index contributed by atoms with van der Waals surface area (Å²) in [7, 11) is 0. The van der Waals surface area contributed by atoms with Gasteiger partial charge in [0.05, 0.1) is 11.3 Å². The highest BCUT2D eigenvalue weighted by Crippen LogP contribution is 2.32. The van der Waals surface area contributed by atoms with Crippen LogP contribution >= 0.6 is 15.9 Å². The Bertz CT molecular complexity index is 434. The number of β-amino-alcohol motifs (C(OH)–C–C–N with tert-alkyl or cyclic N) is 1. The number of hydrogen-bond donors (Lipinski definition) is 2. The number of hydrogen-bond acceptors (Lipinski definition) is 3. The molecule has 3 nitrogen and oxygen atoms in total. The first kappa shape index (κ1) is 14.8. The van der Waals surface area contributed by atoms with Crippen molar-refractivity contribution < 1.29 is 5.11 Å². The second kappa shape index (κ2) is 6.25. The molecular weight excluding hydrogens is 304 g/mol. The zero-order chi connectivity index (χ0) is 13.9. The Morgan fingerprint density at radius 1 is 1.47 bits per heavy atom. The molecule has 106 valence electrons. The molecule has 0 aromatic heterocycles. The first-order chi connectivity index (χ1) is 9.02. The number of aliphatic hydroxyl groups is 1. The van der Waals surface area contributed by atoms with Gasteiger partial charge in [0, 0.05) is 24.1 Å². The number of benzene rings is 1. The van der Waals surface area contributed by atoms with Gasteiger partial charge in [-0.15, -0.1) is 0 Å². The average Bonchev–Trinajstić information content (AvgIpc) is 2.70. The van der Waals surface area contributed by atoms with Gasteiger partial charge in [-0.2, -0.15) is 0 Å². The molecule has 1 saturated heterocycles. The molecule has 0 radical (unpaired) electrons. The first-order valence-corrected chi connectivity index (χ1v) is 7.77. The van der Waals surface area contributed by atoms with E-state index in [0.717, 1.165) is 36.9 Å². The topological polar surface area (TPSA) is 35.5 Å². The molecule has 19 heavy (non-hydrogen) atoms. The van der Waals surface area contributed by atoms with Crippen molar-refractivity contribution in [2.45, 2.75) is 38.8 Å². The molecule has 1 heterocycles. The first-order valence-electron chi connectivity index (χ1n) is 6.98. The van der Waals surface area contributed by atoms with Gasteiger partial charge < -0.3 is 15.3 Å². The highest BCUT2D eigenvalue weighted by Gasteiger charge is 2.32. The molecular formula is C15H23BrN2O. The fourth-order valence-corrected chi connectivity index (χ4v) is 3.15. The maximum absolute atomic E-state index is 10.0. The smallest absolute Gasteiger partial charge is 0.0810 e. The van der Waals surface area contributed by atoms with E-state index in [1.54, 1.807) is 0 Å². The van der Waals surface area contributed by atoms with Crippen LogP contribution in [-0.4, -0.2) is 30.3 Å². The van der Waals surface area contributed by atoms with Gasteiger partial charge in [0.25, 0.3) is 0 Å². The second-order valence-corrected chi connectivity index (χ2v) is 6.49. The molecule has 0 saturated carbocycles. The van der Waals surface area contributed by atoms with Crippen molar-refractivity contribution in [2.24, 2.45) is 0 Å². The van der Waals surface area contributed by atoms with Gasteiger partial charge in [-0.25, -0.2) is 0 Å². The zero-order valence-electron chi connectivity index (χ0n) is 11.7. The summed E-state index contributed by atoms with van der Waals surface area (Å²) < 4.78 is 1.11. The fourth-order valence-electron chi connectivity index (χ4n) is 2.48. The number of nitrogens with zero attached hydrogens (tertiary/aromatic N) is 1. The van der Waals surface area contributed by atoms with Gasteiger partial charge in [-0.1, -0.05) is 13.0 Å². The molecule has 0 bridgehead atoms. The number of nitrogens with one attached hydrogen (secondary N) is 1. The van der Waals surface area contributed by atoms with Crippen molar-refractivity contribution >= 4 is 21.6 Å². The van der Waals surface area contributed by atoms with Gasteiger partial charge in [-0.3, -0.25) is 0 Å². The van der Waals surface area contributed by atoms with Crippen LogP contribution in [0.2, 0.25) is 0 Å². The maximum Gasteiger partial charge on any atom is 0.0810 e. The Morgan fingerprint density at radius 3 is 2.84 bits per heavy atom. The van der Waals surface area contributed by atoms with E-state index in [0.29, 0.717) is 6.54 Å². The molecule has 2 N–H and O–H groups in total. The Kier molecular flexibility index (Phi) is 4.87. The van der Waals surface area contributed by atoms with Crippen LogP contribution in [0.5, 0.6) is 0 Å². The molecule has 1 aliphatic heterocycles. The highest BCUT2D eigenvalue weighted by atomic mass is 79.9. The summed E-state index contributed by atoms with van der Waals surface area (Å²) in [6.45, 7) is 7.66. The summed E-state index contributed by atoms with van der Waals surface area (Å²) in [6.07, 6.45) is 1.99. The quantitative estimate of drug-likeness (QED) is 0.817. The molecule has 2 rings (SSSR count). The predicted molar refractivity (Wildman–Crippen MR) is 83.6 cm³/mol. The van der Waals surface area contributed by atoms with E-state index in [9.17, 15) is 5.11 Å². The van der Waals surface area contributed by atoms with Crippen molar-refractivity contribution in [3.63, 3.8) is 0 Å². The Morgan fingerprint density at radius 2 is 2.26 bits per heavy atom. The fraction of sp³-hybridized carbons (Fsp3) is 0.600. The second-order valence-electron chi connectivity index (χ2n) is 5.63. The minimum Gasteiger partial charge on any atom is -0.388 e. The molecule has 0 spiro atoms. The van der Waals surface area contributed by atoms with E-state index in [2.05, 4.69) is 51.3 Å².